The van der Waals surface area contributed by atoms with Gasteiger partial charge in [-0.15, -0.1) is 0 Å². The Morgan fingerprint density at radius 3 is 1.25 bits per heavy atom. The summed E-state index contributed by atoms with van der Waals surface area (Å²) in [6.07, 6.45) is 7.82. The van der Waals surface area contributed by atoms with E-state index < -0.39 is 0 Å². The molecule has 0 fully saturated rings. The zero-order valence-corrected chi connectivity index (χ0v) is 37.2. The molecule has 5 nitrogen and oxygen atoms in total. The van der Waals surface area contributed by atoms with E-state index >= 15 is 0 Å². The van der Waals surface area contributed by atoms with Crippen molar-refractivity contribution in [2.75, 3.05) is 14.7 Å². The number of fused-ring (bicyclic) bond motifs is 8. The number of ether oxygens (including phenoxy) is 2. The van der Waals surface area contributed by atoms with E-state index in [2.05, 4.69) is 257 Å². The van der Waals surface area contributed by atoms with Gasteiger partial charge >= 0.3 is 0 Å². The molecule has 68 heavy (non-hydrogen) atoms. The van der Waals surface area contributed by atoms with Gasteiger partial charge in [0, 0.05) is 62.5 Å². The van der Waals surface area contributed by atoms with Crippen molar-refractivity contribution >= 4 is 84.5 Å². The topological polar surface area (TPSA) is 28.2 Å². The number of benzene rings is 10. The van der Waals surface area contributed by atoms with Crippen LogP contribution < -0.4 is 40.6 Å². The van der Waals surface area contributed by atoms with Crippen molar-refractivity contribution in [3.05, 3.63) is 254 Å². The molecule has 6 heteroatoms. The van der Waals surface area contributed by atoms with Crippen LogP contribution in [0.15, 0.2) is 254 Å². The second-order valence-electron chi connectivity index (χ2n) is 17.5. The first-order valence-corrected chi connectivity index (χ1v) is 23.4. The fourth-order valence-electron chi connectivity index (χ4n) is 10.7. The van der Waals surface area contributed by atoms with Crippen molar-refractivity contribution < 1.29 is 9.47 Å². The van der Waals surface area contributed by atoms with Crippen molar-refractivity contribution in [3.63, 3.8) is 0 Å². The summed E-state index contributed by atoms with van der Waals surface area (Å²) in [6, 6.07) is 81.7. The Hall–Kier alpha value is -8.74. The zero-order valence-electron chi connectivity index (χ0n) is 37.2. The molecule has 1 atom stereocenters. The van der Waals surface area contributed by atoms with Crippen molar-refractivity contribution in [1.82, 2.24) is 0 Å². The molecular formula is C62H44BN3O2. The van der Waals surface area contributed by atoms with E-state index in [0.29, 0.717) is 0 Å². The first-order chi connectivity index (χ1) is 33.8. The van der Waals surface area contributed by atoms with Crippen molar-refractivity contribution in [2.45, 2.75) is 12.5 Å². The van der Waals surface area contributed by atoms with Gasteiger partial charge in [-0.2, -0.15) is 0 Å². The standard InChI is InChI=1S/C62H44BN3O2/c1-6-21-43(22-7-1)64(44-23-8-2-9-24-44)48-37-39-49(40-38-48)66(47-29-14-5-15-30-47)55-42-59-61(53-34-19-17-32-51(53)55)63-60-52-33-18-16-31-50(52)54(41-58(60)67-56-35-20-36-57(68-59)62(56)63)65(45-25-10-3-11-26-45)46-27-12-4-13-28-46/h1-39,41-42,49H,40H2. The lowest BCUT2D eigenvalue weighted by Gasteiger charge is -2.38. The van der Waals surface area contributed by atoms with Gasteiger partial charge in [0.2, 0.25) is 0 Å². The van der Waals surface area contributed by atoms with Crippen LogP contribution in [-0.4, -0.2) is 12.8 Å². The maximum absolute atomic E-state index is 7.15. The van der Waals surface area contributed by atoms with Crippen molar-refractivity contribution in [3.8, 4) is 23.0 Å². The second-order valence-corrected chi connectivity index (χ2v) is 17.5. The van der Waals surface area contributed by atoms with Gasteiger partial charge in [-0.3, -0.25) is 0 Å². The van der Waals surface area contributed by atoms with Crippen LogP contribution in [0.2, 0.25) is 0 Å². The van der Waals surface area contributed by atoms with Gasteiger partial charge in [0.25, 0.3) is 6.71 Å². The molecule has 322 valence electrons. The Bertz CT molecular complexity index is 3490. The third-order valence-electron chi connectivity index (χ3n) is 13.6. The Balaban J connectivity index is 0.982. The highest BCUT2D eigenvalue weighted by molar-refractivity contribution is 7.01. The highest BCUT2D eigenvalue weighted by Crippen LogP contribution is 2.46. The summed E-state index contributed by atoms with van der Waals surface area (Å²) in [6.45, 7) is -0.166. The van der Waals surface area contributed by atoms with E-state index in [9.17, 15) is 0 Å². The molecular weight excluding hydrogens is 830 g/mol. The second kappa shape index (κ2) is 16.6. The Morgan fingerprint density at radius 2 is 0.779 bits per heavy atom. The normalized spacial score (nSPS) is 14.2. The molecule has 0 N–H and O–H groups in total. The lowest BCUT2D eigenvalue weighted by atomic mass is 9.33. The Labute approximate surface area is 396 Å². The van der Waals surface area contributed by atoms with Crippen molar-refractivity contribution in [2.24, 2.45) is 0 Å². The number of hydrogen-bond donors (Lipinski definition) is 0. The van der Waals surface area contributed by atoms with Crippen LogP contribution in [0.3, 0.4) is 0 Å². The Morgan fingerprint density at radius 1 is 0.368 bits per heavy atom. The summed E-state index contributed by atoms with van der Waals surface area (Å²) in [5.41, 5.74) is 12.1. The number of para-hydroxylation sites is 5. The number of rotatable bonds is 9. The number of allylic oxidation sites excluding steroid dienone is 1. The third-order valence-corrected chi connectivity index (χ3v) is 13.6. The molecule has 0 saturated heterocycles. The van der Waals surface area contributed by atoms with Gasteiger partial charge in [0.1, 0.15) is 23.0 Å². The highest BCUT2D eigenvalue weighted by Gasteiger charge is 2.43. The molecule has 1 aliphatic carbocycles. The van der Waals surface area contributed by atoms with Gasteiger partial charge in [0.15, 0.2) is 0 Å². The smallest absolute Gasteiger partial charge is 0.262 e. The SMILES string of the molecule is C1=CC(N(c2ccccc2)c2cc3c(c4ccccc24)B2c4c(cccc4O3)Oc3cc(N(c4ccccc4)c4ccccc4)c4ccccc4c32)CC=C1N(c1ccccc1)c1ccccc1. The minimum Gasteiger partial charge on any atom is -0.458 e. The number of hydrogen-bond acceptors (Lipinski definition) is 5. The maximum atomic E-state index is 7.15. The number of anilines is 7. The predicted molar refractivity (Wildman–Crippen MR) is 283 cm³/mol. The minimum absolute atomic E-state index is 0.0156. The monoisotopic (exact) mass is 873 g/mol. The van der Waals surface area contributed by atoms with E-state index in [-0.39, 0.29) is 12.8 Å². The molecule has 2 heterocycles. The quantitative estimate of drug-likeness (QED) is 0.135. The fraction of sp³-hybridized carbons (Fsp3) is 0.0323. The Kier molecular flexibility index (Phi) is 9.67. The summed E-state index contributed by atoms with van der Waals surface area (Å²) in [5, 5.41) is 4.59. The molecule has 13 rings (SSSR count). The van der Waals surface area contributed by atoms with Crippen LogP contribution in [0.5, 0.6) is 23.0 Å². The molecule has 1 unspecified atom stereocenters. The van der Waals surface area contributed by atoms with E-state index in [1.165, 1.54) is 0 Å². The van der Waals surface area contributed by atoms with E-state index in [1.54, 1.807) is 0 Å². The van der Waals surface area contributed by atoms with Crippen molar-refractivity contribution in [1.29, 1.82) is 0 Å². The molecule has 0 spiro atoms. The van der Waals surface area contributed by atoms with E-state index in [1.807, 2.05) is 6.07 Å². The first-order valence-electron chi connectivity index (χ1n) is 23.4. The van der Waals surface area contributed by atoms with E-state index in [4.69, 9.17) is 9.47 Å². The molecule has 10 aromatic rings. The van der Waals surface area contributed by atoms with Crippen LogP contribution in [0, 0.1) is 0 Å². The van der Waals surface area contributed by atoms with Crippen LogP contribution in [0.4, 0.5) is 39.8 Å². The zero-order chi connectivity index (χ0) is 45.0. The van der Waals surface area contributed by atoms with Crippen LogP contribution in [0.1, 0.15) is 6.42 Å². The summed E-state index contributed by atoms with van der Waals surface area (Å²) in [5.74, 6) is 3.31. The molecule has 0 amide bonds. The molecule has 0 saturated carbocycles. The van der Waals surface area contributed by atoms with Gasteiger partial charge in [-0.1, -0.05) is 158 Å². The van der Waals surface area contributed by atoms with Gasteiger partial charge in [-0.25, -0.2) is 0 Å². The third kappa shape index (κ3) is 6.64. The molecule has 10 aromatic carbocycles. The molecule has 0 aromatic heterocycles. The maximum Gasteiger partial charge on any atom is 0.262 e. The van der Waals surface area contributed by atoms with Gasteiger partial charge in [-0.05, 0) is 107 Å². The fourth-order valence-corrected chi connectivity index (χ4v) is 10.7. The van der Waals surface area contributed by atoms with Gasteiger partial charge in [0.05, 0.1) is 17.4 Å². The molecule has 3 aliphatic rings. The van der Waals surface area contributed by atoms with Crippen LogP contribution >= 0.6 is 0 Å². The summed E-state index contributed by atoms with van der Waals surface area (Å²) in [7, 11) is 0. The summed E-state index contributed by atoms with van der Waals surface area (Å²) in [4.78, 5) is 7.18. The molecule has 2 aliphatic heterocycles. The minimum atomic E-state index is -0.166. The first kappa shape index (κ1) is 39.6. The summed E-state index contributed by atoms with van der Waals surface area (Å²) >= 11 is 0. The van der Waals surface area contributed by atoms with Crippen LogP contribution in [-0.2, 0) is 0 Å². The van der Waals surface area contributed by atoms with Crippen LogP contribution in [0.25, 0.3) is 21.5 Å². The molecule has 0 bridgehead atoms. The summed E-state index contributed by atoms with van der Waals surface area (Å²) < 4.78 is 14.2. The highest BCUT2D eigenvalue weighted by atomic mass is 16.5. The lowest BCUT2D eigenvalue weighted by molar-refractivity contribution is 0.465. The van der Waals surface area contributed by atoms with E-state index in [0.717, 1.165) is 113 Å². The number of nitrogens with zero attached hydrogens (tertiary/aromatic N) is 3. The average Bonchev–Trinajstić information content (AvgIpc) is 3.41. The average molecular weight is 874 g/mol. The predicted octanol–water partition coefficient (Wildman–Crippen LogP) is 14.4. The molecule has 0 radical (unpaired) electrons. The largest absolute Gasteiger partial charge is 0.458 e. The van der Waals surface area contributed by atoms with Gasteiger partial charge < -0.3 is 24.2 Å². The lowest BCUT2D eigenvalue weighted by Crippen LogP contribution is -2.58.